The molecule has 0 saturated carbocycles. The first kappa shape index (κ1) is 22.8. The van der Waals surface area contributed by atoms with Crippen LogP contribution in [0.3, 0.4) is 0 Å². The van der Waals surface area contributed by atoms with Crippen LogP contribution in [0.4, 0.5) is 36.4 Å². The van der Waals surface area contributed by atoms with Crippen molar-refractivity contribution in [2.75, 3.05) is 5.32 Å². The normalized spacial score (nSPS) is 15.5. The molecule has 0 aliphatic heterocycles. The van der Waals surface area contributed by atoms with Crippen LogP contribution in [0, 0.1) is 29.2 Å². The van der Waals surface area contributed by atoms with Crippen molar-refractivity contribution in [1.29, 1.82) is 0 Å². The van der Waals surface area contributed by atoms with E-state index in [2.05, 4.69) is 4.74 Å². The summed E-state index contributed by atoms with van der Waals surface area (Å²) < 4.78 is 98.9. The van der Waals surface area contributed by atoms with E-state index in [1.54, 1.807) is 5.32 Å². The Morgan fingerprint density at radius 2 is 1.62 bits per heavy atom. The number of nitrogens with one attached hydrogen (secondary N) is 1. The van der Waals surface area contributed by atoms with Crippen LogP contribution in [0.5, 0.6) is 5.75 Å². The molecule has 0 heterocycles. The topological polar surface area (TPSA) is 75.6 Å². The van der Waals surface area contributed by atoms with E-state index in [0.717, 1.165) is 30.4 Å². The molecular weight excluding hydrogens is 451 g/mol. The predicted molar refractivity (Wildman–Crippen MR) is 95.4 cm³/mol. The first-order valence-electron chi connectivity index (χ1n) is 8.55. The summed E-state index contributed by atoms with van der Waals surface area (Å²) in [6.45, 7) is 0. The molecule has 1 atom stereocenters. The number of aliphatic carboxylic acids is 1. The SMILES string of the molecule is O=C(Nc1c(F)c(F)c(-c2cccc(OC(F)(F)F)c2)c(F)c1F)C1=CC=CC1C(=O)O. The number of carbonyl (C=O) groups excluding carboxylic acids is 1. The van der Waals surface area contributed by atoms with E-state index in [1.807, 2.05) is 0 Å². The van der Waals surface area contributed by atoms with Crippen molar-refractivity contribution in [2.24, 2.45) is 5.92 Å². The van der Waals surface area contributed by atoms with E-state index in [0.29, 0.717) is 6.07 Å². The van der Waals surface area contributed by atoms with Gasteiger partial charge in [-0.2, -0.15) is 0 Å². The van der Waals surface area contributed by atoms with E-state index >= 15 is 0 Å². The fraction of sp³-hybridized carbons (Fsp3) is 0.100. The van der Waals surface area contributed by atoms with Gasteiger partial charge in [-0.1, -0.05) is 30.4 Å². The van der Waals surface area contributed by atoms with Gasteiger partial charge in [0.2, 0.25) is 0 Å². The van der Waals surface area contributed by atoms with E-state index in [1.165, 1.54) is 6.08 Å². The van der Waals surface area contributed by atoms with Crippen LogP contribution in [0.15, 0.2) is 48.1 Å². The van der Waals surface area contributed by atoms with Gasteiger partial charge in [0.15, 0.2) is 23.3 Å². The van der Waals surface area contributed by atoms with Crippen LogP contribution in [-0.4, -0.2) is 23.3 Å². The van der Waals surface area contributed by atoms with E-state index in [4.69, 9.17) is 5.11 Å². The maximum absolute atomic E-state index is 14.6. The maximum Gasteiger partial charge on any atom is 0.573 e. The fourth-order valence-electron chi connectivity index (χ4n) is 2.94. The minimum atomic E-state index is -5.13. The summed E-state index contributed by atoms with van der Waals surface area (Å²) in [5, 5.41) is 10.6. The average Bonchev–Trinajstić information content (AvgIpc) is 3.19. The number of hydrogen-bond acceptors (Lipinski definition) is 3. The summed E-state index contributed by atoms with van der Waals surface area (Å²) in [4.78, 5) is 23.3. The summed E-state index contributed by atoms with van der Waals surface area (Å²) in [6, 6.07) is 3.11. The zero-order chi connectivity index (χ0) is 23.8. The summed E-state index contributed by atoms with van der Waals surface area (Å²) in [7, 11) is 0. The lowest BCUT2D eigenvalue weighted by Gasteiger charge is -2.15. The monoisotopic (exact) mass is 461 g/mol. The number of alkyl halides is 3. The smallest absolute Gasteiger partial charge is 0.481 e. The number of hydrogen-bond donors (Lipinski definition) is 2. The Bertz CT molecular complexity index is 1140. The van der Waals surface area contributed by atoms with Gasteiger partial charge in [-0.15, -0.1) is 13.2 Å². The summed E-state index contributed by atoms with van der Waals surface area (Å²) in [5.41, 5.74) is -3.99. The van der Waals surface area contributed by atoms with Crippen LogP contribution < -0.4 is 10.1 Å². The van der Waals surface area contributed by atoms with Gasteiger partial charge in [0.1, 0.15) is 17.4 Å². The number of halogens is 7. The highest BCUT2D eigenvalue weighted by Gasteiger charge is 2.33. The molecule has 0 bridgehead atoms. The Morgan fingerprint density at radius 3 is 2.19 bits per heavy atom. The van der Waals surface area contributed by atoms with Gasteiger partial charge in [-0.25, -0.2) is 17.6 Å². The second kappa shape index (κ2) is 8.36. The molecule has 1 aliphatic rings. The maximum atomic E-state index is 14.6. The first-order valence-corrected chi connectivity index (χ1v) is 8.55. The second-order valence-electron chi connectivity index (χ2n) is 6.36. The minimum Gasteiger partial charge on any atom is -0.481 e. The third-order valence-corrected chi connectivity index (χ3v) is 4.30. The third kappa shape index (κ3) is 4.43. The number of ether oxygens (including phenoxy) is 1. The molecule has 12 heteroatoms. The van der Waals surface area contributed by atoms with Crippen LogP contribution in [0.25, 0.3) is 11.1 Å². The van der Waals surface area contributed by atoms with E-state index in [-0.39, 0.29) is 0 Å². The van der Waals surface area contributed by atoms with Crippen LogP contribution in [0.1, 0.15) is 0 Å². The summed E-state index contributed by atoms with van der Waals surface area (Å²) >= 11 is 0. The van der Waals surface area contributed by atoms with E-state index < -0.39 is 75.6 Å². The second-order valence-corrected chi connectivity index (χ2v) is 6.36. The lowest BCUT2D eigenvalue weighted by atomic mass is 10.0. The third-order valence-electron chi connectivity index (χ3n) is 4.30. The number of carboxylic acid groups (broad SMARTS) is 1. The van der Waals surface area contributed by atoms with Gasteiger partial charge in [-0.3, -0.25) is 9.59 Å². The molecule has 2 N–H and O–H groups in total. The largest absolute Gasteiger partial charge is 0.573 e. The molecule has 32 heavy (non-hydrogen) atoms. The molecule has 2 aromatic rings. The van der Waals surface area contributed by atoms with Crippen molar-refractivity contribution in [3.05, 3.63) is 71.3 Å². The Hall–Kier alpha value is -3.83. The summed E-state index contributed by atoms with van der Waals surface area (Å²) in [5.74, 6) is -13.2. The first-order chi connectivity index (χ1) is 14.9. The highest BCUT2D eigenvalue weighted by molar-refractivity contribution is 6.08. The molecule has 3 rings (SSSR count). The van der Waals surface area contributed by atoms with Crippen LogP contribution >= 0.6 is 0 Å². The number of carbonyl (C=O) groups is 2. The molecule has 168 valence electrons. The molecule has 2 aromatic carbocycles. The number of amides is 1. The molecule has 0 aromatic heterocycles. The number of anilines is 1. The molecule has 1 amide bonds. The summed E-state index contributed by atoms with van der Waals surface area (Å²) in [6.07, 6.45) is -1.79. The molecule has 0 spiro atoms. The van der Waals surface area contributed by atoms with Crippen molar-refractivity contribution in [2.45, 2.75) is 6.36 Å². The van der Waals surface area contributed by atoms with Gasteiger partial charge in [0, 0.05) is 5.57 Å². The Morgan fingerprint density at radius 1 is 1.00 bits per heavy atom. The lowest BCUT2D eigenvalue weighted by Crippen LogP contribution is -2.24. The number of carboxylic acids is 1. The standard InChI is InChI=1S/C20H10F7NO4/c21-13-12(8-3-1-4-9(7-8)32-20(25,26)27)14(22)16(24)17(15(13)23)28-18(29)10-5-2-6-11(10)19(30)31/h1-7,11H,(H,28,29)(H,30,31). The minimum absolute atomic E-state index is 0.446. The predicted octanol–water partition coefficient (Wildman–Crippen LogP) is 4.94. The number of rotatable bonds is 5. The molecule has 5 nitrogen and oxygen atoms in total. The van der Waals surface area contributed by atoms with E-state index in [9.17, 15) is 40.3 Å². The zero-order valence-corrected chi connectivity index (χ0v) is 15.4. The quantitative estimate of drug-likeness (QED) is 0.489. The van der Waals surface area contributed by atoms with Gasteiger partial charge >= 0.3 is 12.3 Å². The molecule has 0 saturated heterocycles. The lowest BCUT2D eigenvalue weighted by molar-refractivity contribution is -0.274. The van der Waals surface area contributed by atoms with Crippen molar-refractivity contribution in [3.63, 3.8) is 0 Å². The van der Waals surface area contributed by atoms with Crippen LogP contribution in [0.2, 0.25) is 0 Å². The van der Waals surface area contributed by atoms with Crippen molar-refractivity contribution >= 4 is 17.6 Å². The Labute approximate surface area is 174 Å². The molecule has 0 fully saturated rings. The Balaban J connectivity index is 2.00. The number of allylic oxidation sites excluding steroid dienone is 2. The highest BCUT2D eigenvalue weighted by atomic mass is 19.4. The van der Waals surface area contributed by atoms with Crippen LogP contribution in [-0.2, 0) is 9.59 Å². The van der Waals surface area contributed by atoms with Gasteiger partial charge < -0.3 is 15.2 Å². The van der Waals surface area contributed by atoms with Gasteiger partial charge in [0.25, 0.3) is 5.91 Å². The zero-order valence-electron chi connectivity index (χ0n) is 15.4. The van der Waals surface area contributed by atoms with Crippen molar-refractivity contribution in [1.82, 2.24) is 0 Å². The van der Waals surface area contributed by atoms with Crippen molar-refractivity contribution < 1.29 is 50.2 Å². The number of benzene rings is 2. The highest BCUT2D eigenvalue weighted by Crippen LogP contribution is 2.37. The molecule has 1 unspecified atom stereocenters. The molecule has 0 radical (unpaired) electrons. The fourth-order valence-corrected chi connectivity index (χ4v) is 2.94. The Kier molecular flexibility index (Phi) is 5.97. The molecular formula is C20H10F7NO4. The van der Waals surface area contributed by atoms with Crippen molar-refractivity contribution in [3.8, 4) is 16.9 Å². The van der Waals surface area contributed by atoms with Gasteiger partial charge in [0.05, 0.1) is 5.56 Å². The average molecular weight is 461 g/mol. The van der Waals surface area contributed by atoms with Gasteiger partial charge in [-0.05, 0) is 17.7 Å². The molecule has 1 aliphatic carbocycles.